The number of aromatic hydroxyl groups is 1. The number of carboxylic acid groups (broad SMARTS) is 1. The Morgan fingerprint density at radius 2 is 1.84 bits per heavy atom. The van der Waals surface area contributed by atoms with E-state index < -0.39 is 48.1 Å². The van der Waals surface area contributed by atoms with Crippen LogP contribution in [0.25, 0.3) is 0 Å². The molecule has 0 spiro atoms. The Balaban J connectivity index is 1.40. The Morgan fingerprint density at radius 1 is 1.19 bits per heavy atom. The van der Waals surface area contributed by atoms with Crippen LogP contribution in [0, 0.1) is 11.7 Å². The number of benzene rings is 2. The second-order valence-electron chi connectivity index (χ2n) is 9.48. The third-order valence-corrected chi connectivity index (χ3v) is 7.01. The van der Waals surface area contributed by atoms with E-state index in [2.05, 4.69) is 5.10 Å². The highest BCUT2D eigenvalue weighted by atomic mass is 19.4. The highest BCUT2D eigenvalue weighted by Gasteiger charge is 2.48. The molecule has 0 aliphatic carbocycles. The van der Waals surface area contributed by atoms with E-state index >= 15 is 0 Å². The normalized spacial score (nSPS) is 21.6. The lowest BCUT2D eigenvalue weighted by Gasteiger charge is -2.34. The summed E-state index contributed by atoms with van der Waals surface area (Å²) < 4.78 is 60.5. The first-order chi connectivity index (χ1) is 17.4. The Kier molecular flexibility index (Phi) is 7.52. The number of carbonyl (C=O) groups excluding carboxylic acids is 1. The van der Waals surface area contributed by atoms with Crippen molar-refractivity contribution in [2.75, 3.05) is 18.0 Å². The van der Waals surface area contributed by atoms with E-state index in [4.69, 9.17) is 4.74 Å². The SMILES string of the molecule is CC(c1ccc(OC2CCN(c3cc(O)ccc3F)CC2)cc1)N1N=C(C(F)(F)F)[C@@H](C)[C@@H]1CC(=O)[O-]. The molecule has 2 aliphatic rings. The number of nitrogens with zero attached hydrogens (tertiary/aromatic N) is 3. The number of anilines is 1. The first-order valence-corrected chi connectivity index (χ1v) is 12.1. The maximum Gasteiger partial charge on any atom is 0.431 e. The zero-order valence-corrected chi connectivity index (χ0v) is 20.4. The third kappa shape index (κ3) is 5.91. The van der Waals surface area contributed by atoms with E-state index in [9.17, 15) is 32.6 Å². The number of halogens is 4. The zero-order chi connectivity index (χ0) is 26.9. The number of piperidine rings is 1. The summed E-state index contributed by atoms with van der Waals surface area (Å²) >= 11 is 0. The predicted octanol–water partition coefficient (Wildman–Crippen LogP) is 4.02. The molecule has 1 fully saturated rings. The molecule has 3 atom stereocenters. The van der Waals surface area contributed by atoms with Gasteiger partial charge in [-0.1, -0.05) is 19.1 Å². The molecule has 0 aromatic heterocycles. The Labute approximate surface area is 211 Å². The quantitative estimate of drug-likeness (QED) is 0.553. The van der Waals surface area contributed by atoms with Gasteiger partial charge in [0.1, 0.15) is 29.1 Å². The standard InChI is InChI=1S/C26H29F4N3O4/c1-15-22(14-24(35)36)33(31-25(15)26(28,29)30)16(2)17-3-6-19(7-4-17)37-20-9-11-32(12-10-20)23-13-18(34)5-8-21(23)27/h3-8,13,15-16,20,22,34H,9-12,14H2,1-2H3,(H,35,36)/p-1/t15-,16?,22-/m0/s1. The van der Waals surface area contributed by atoms with Crippen LogP contribution in [0.1, 0.15) is 44.7 Å². The summed E-state index contributed by atoms with van der Waals surface area (Å²) in [5, 5.41) is 25.8. The average Bonchev–Trinajstić information content (AvgIpc) is 3.17. The van der Waals surface area contributed by atoms with E-state index in [-0.39, 0.29) is 11.9 Å². The Morgan fingerprint density at radius 3 is 2.43 bits per heavy atom. The minimum absolute atomic E-state index is 0.00116. The van der Waals surface area contributed by atoms with Gasteiger partial charge < -0.3 is 24.6 Å². The number of ether oxygens (including phenoxy) is 1. The molecule has 2 heterocycles. The van der Waals surface area contributed by atoms with Gasteiger partial charge in [0.25, 0.3) is 0 Å². The second kappa shape index (κ2) is 10.5. The van der Waals surface area contributed by atoms with Crippen molar-refractivity contribution in [3.8, 4) is 11.5 Å². The molecule has 1 unspecified atom stereocenters. The fraction of sp³-hybridized carbons (Fsp3) is 0.462. The number of hydrogen-bond donors (Lipinski definition) is 1. The third-order valence-electron chi connectivity index (χ3n) is 7.01. The predicted molar refractivity (Wildman–Crippen MR) is 127 cm³/mol. The molecule has 0 amide bonds. The molecule has 7 nitrogen and oxygen atoms in total. The van der Waals surface area contributed by atoms with Crippen LogP contribution >= 0.6 is 0 Å². The maximum absolute atomic E-state index is 14.1. The van der Waals surface area contributed by atoms with E-state index in [0.29, 0.717) is 42.9 Å². The molecule has 37 heavy (non-hydrogen) atoms. The smallest absolute Gasteiger partial charge is 0.431 e. The lowest BCUT2D eigenvalue weighted by atomic mass is 9.93. The molecule has 1 saturated heterocycles. The van der Waals surface area contributed by atoms with Gasteiger partial charge in [0.05, 0.1) is 17.8 Å². The number of rotatable bonds is 7. The summed E-state index contributed by atoms with van der Waals surface area (Å²) in [4.78, 5) is 13.1. The summed E-state index contributed by atoms with van der Waals surface area (Å²) in [6.45, 7) is 4.09. The van der Waals surface area contributed by atoms with Crippen molar-refractivity contribution in [3.05, 3.63) is 53.8 Å². The number of carboxylic acids is 1. The zero-order valence-electron chi connectivity index (χ0n) is 20.4. The summed E-state index contributed by atoms with van der Waals surface area (Å²) in [5.74, 6) is -2.36. The summed E-state index contributed by atoms with van der Waals surface area (Å²) in [5.41, 5.74) is 0.00749. The van der Waals surface area contributed by atoms with Gasteiger partial charge in [0.2, 0.25) is 0 Å². The van der Waals surface area contributed by atoms with Crippen molar-refractivity contribution in [1.29, 1.82) is 0 Å². The molecule has 2 aromatic carbocycles. The van der Waals surface area contributed by atoms with Crippen molar-refractivity contribution >= 4 is 17.4 Å². The summed E-state index contributed by atoms with van der Waals surface area (Å²) in [6, 6.07) is 9.22. The fourth-order valence-electron chi connectivity index (χ4n) is 4.96. The van der Waals surface area contributed by atoms with Gasteiger partial charge >= 0.3 is 6.18 Å². The highest BCUT2D eigenvalue weighted by molar-refractivity contribution is 5.93. The van der Waals surface area contributed by atoms with E-state index in [0.717, 1.165) is 0 Å². The van der Waals surface area contributed by atoms with Crippen LogP contribution in [-0.2, 0) is 4.79 Å². The van der Waals surface area contributed by atoms with Crippen LogP contribution < -0.4 is 14.7 Å². The second-order valence-corrected chi connectivity index (χ2v) is 9.48. The Bertz CT molecular complexity index is 1150. The number of phenols is 1. The topological polar surface area (TPSA) is 88.4 Å². The minimum Gasteiger partial charge on any atom is -0.550 e. The van der Waals surface area contributed by atoms with Gasteiger partial charge in [-0.05, 0) is 36.8 Å². The van der Waals surface area contributed by atoms with Crippen LogP contribution in [0.2, 0.25) is 0 Å². The first-order valence-electron chi connectivity index (χ1n) is 12.1. The average molecular weight is 523 g/mol. The molecule has 2 aromatic rings. The van der Waals surface area contributed by atoms with Crippen molar-refractivity contribution in [1.82, 2.24) is 5.01 Å². The van der Waals surface area contributed by atoms with Crippen molar-refractivity contribution in [2.45, 2.75) is 57.5 Å². The van der Waals surface area contributed by atoms with Gasteiger partial charge in [-0.3, -0.25) is 5.01 Å². The van der Waals surface area contributed by atoms with Crippen molar-refractivity contribution in [3.63, 3.8) is 0 Å². The molecule has 1 N–H and O–H groups in total. The fourth-order valence-corrected chi connectivity index (χ4v) is 4.96. The summed E-state index contributed by atoms with van der Waals surface area (Å²) in [7, 11) is 0. The number of hydrogen-bond acceptors (Lipinski definition) is 7. The molecule has 2 aliphatic heterocycles. The monoisotopic (exact) mass is 522 g/mol. The number of aliphatic carboxylic acids is 1. The van der Waals surface area contributed by atoms with E-state index in [1.807, 2.05) is 4.90 Å². The lowest BCUT2D eigenvalue weighted by molar-refractivity contribution is -0.307. The maximum atomic E-state index is 14.1. The Hall–Kier alpha value is -3.50. The van der Waals surface area contributed by atoms with Crippen LogP contribution in [-0.4, -0.2) is 53.2 Å². The molecule has 0 saturated carbocycles. The minimum atomic E-state index is -4.65. The van der Waals surface area contributed by atoms with Gasteiger partial charge in [-0.2, -0.15) is 18.3 Å². The van der Waals surface area contributed by atoms with Crippen LogP contribution in [0.3, 0.4) is 0 Å². The number of carbonyl (C=O) groups is 1. The molecule has 4 rings (SSSR count). The molecule has 0 bridgehead atoms. The van der Waals surface area contributed by atoms with E-state index in [1.54, 1.807) is 31.2 Å². The highest BCUT2D eigenvalue weighted by Crippen LogP contribution is 2.38. The van der Waals surface area contributed by atoms with Gasteiger partial charge in [-0.15, -0.1) is 0 Å². The van der Waals surface area contributed by atoms with E-state index in [1.165, 1.54) is 30.1 Å². The molecule has 200 valence electrons. The molecular weight excluding hydrogens is 494 g/mol. The number of phenolic OH excluding ortho intramolecular Hbond substituents is 1. The van der Waals surface area contributed by atoms with Gasteiger partial charge in [-0.25, -0.2) is 4.39 Å². The molecular formula is C26H28F4N3O4-. The number of hydrazone groups is 1. The van der Waals surface area contributed by atoms with Crippen molar-refractivity contribution in [2.24, 2.45) is 11.0 Å². The molecule has 0 radical (unpaired) electrons. The summed E-state index contributed by atoms with van der Waals surface area (Å²) in [6.07, 6.45) is -4.05. The van der Waals surface area contributed by atoms with Crippen LogP contribution in [0.5, 0.6) is 11.5 Å². The largest absolute Gasteiger partial charge is 0.550 e. The van der Waals surface area contributed by atoms with Crippen molar-refractivity contribution < 1.29 is 37.3 Å². The van der Waals surface area contributed by atoms with Gasteiger partial charge in [0, 0.05) is 50.3 Å². The van der Waals surface area contributed by atoms with Crippen LogP contribution in [0.4, 0.5) is 23.2 Å². The molecule has 11 heteroatoms. The van der Waals surface area contributed by atoms with Gasteiger partial charge in [0.15, 0.2) is 0 Å². The first kappa shape index (κ1) is 26.6. The lowest BCUT2D eigenvalue weighted by Crippen LogP contribution is -2.40. The number of alkyl halides is 3. The van der Waals surface area contributed by atoms with Crippen LogP contribution in [0.15, 0.2) is 47.6 Å².